The Morgan fingerprint density at radius 3 is 2.55 bits per heavy atom. The molecule has 7 heteroatoms. The van der Waals surface area contributed by atoms with Gasteiger partial charge in [0.1, 0.15) is 6.04 Å². The molecule has 0 saturated carbocycles. The molecule has 0 fully saturated rings. The Hall–Kier alpha value is -1.89. The van der Waals surface area contributed by atoms with Crippen molar-refractivity contribution in [1.82, 2.24) is 10.6 Å². The molecule has 0 aliphatic heterocycles. The van der Waals surface area contributed by atoms with Crippen LogP contribution in [0.1, 0.15) is 29.9 Å². The van der Waals surface area contributed by atoms with E-state index >= 15 is 0 Å². The maximum absolute atomic E-state index is 11.9. The monoisotopic (exact) mass is 298 g/mol. The van der Waals surface area contributed by atoms with Crippen molar-refractivity contribution in [2.45, 2.75) is 32.4 Å². The third-order valence-electron chi connectivity index (χ3n) is 2.58. The summed E-state index contributed by atoms with van der Waals surface area (Å²) in [7, 11) is 1.29. The van der Waals surface area contributed by atoms with Crippen LogP contribution in [0.2, 0.25) is 0 Å². The third-order valence-corrected chi connectivity index (χ3v) is 3.44. The number of carbonyl (C=O) groups is 3. The molecular formula is C13H18N2O4S. The summed E-state index contributed by atoms with van der Waals surface area (Å²) < 4.78 is 4.52. The van der Waals surface area contributed by atoms with Gasteiger partial charge in [0.25, 0.3) is 5.91 Å². The molecule has 1 heterocycles. The lowest BCUT2D eigenvalue weighted by atomic mass is 10.2. The lowest BCUT2D eigenvalue weighted by molar-refractivity contribution is -0.141. The second-order valence-electron chi connectivity index (χ2n) is 4.36. The molecule has 110 valence electrons. The zero-order valence-corrected chi connectivity index (χ0v) is 12.5. The van der Waals surface area contributed by atoms with Crippen molar-refractivity contribution in [3.63, 3.8) is 0 Å². The summed E-state index contributed by atoms with van der Waals surface area (Å²) in [4.78, 5) is 35.2. The highest BCUT2D eigenvalue weighted by molar-refractivity contribution is 7.12. The van der Waals surface area contributed by atoms with Crippen LogP contribution < -0.4 is 10.6 Å². The number of ether oxygens (including phenoxy) is 1. The summed E-state index contributed by atoms with van der Waals surface area (Å²) >= 11 is 1.31. The van der Waals surface area contributed by atoms with Gasteiger partial charge in [-0.15, -0.1) is 11.3 Å². The van der Waals surface area contributed by atoms with Gasteiger partial charge in [0.15, 0.2) is 0 Å². The van der Waals surface area contributed by atoms with Gasteiger partial charge in [0, 0.05) is 6.04 Å². The lowest BCUT2D eigenvalue weighted by Crippen LogP contribution is -2.47. The van der Waals surface area contributed by atoms with Gasteiger partial charge in [0.2, 0.25) is 5.91 Å². The standard InChI is InChI=1S/C13H18N2O4S/c1-8(7-11(16)19-3)14-12(17)9(2)15-13(18)10-5-4-6-20-10/h4-6,8-9H,7H2,1-3H3,(H,14,17)(H,15,18). The average Bonchev–Trinajstić information content (AvgIpc) is 2.91. The van der Waals surface area contributed by atoms with Crippen LogP contribution in [0, 0.1) is 0 Å². The van der Waals surface area contributed by atoms with E-state index in [4.69, 9.17) is 0 Å². The number of amides is 2. The van der Waals surface area contributed by atoms with Crippen LogP contribution in [-0.2, 0) is 14.3 Å². The summed E-state index contributed by atoms with van der Waals surface area (Å²) in [6, 6.07) is 2.42. The van der Waals surface area contributed by atoms with Crippen LogP contribution >= 0.6 is 11.3 Å². The van der Waals surface area contributed by atoms with Gasteiger partial charge in [-0.2, -0.15) is 0 Å². The minimum atomic E-state index is -0.676. The number of esters is 1. The fourth-order valence-electron chi connectivity index (χ4n) is 1.49. The molecule has 2 unspecified atom stereocenters. The highest BCUT2D eigenvalue weighted by Crippen LogP contribution is 2.08. The predicted molar refractivity (Wildman–Crippen MR) is 75.5 cm³/mol. The molecule has 0 spiro atoms. The van der Waals surface area contributed by atoms with E-state index in [-0.39, 0.29) is 24.3 Å². The first-order valence-corrected chi connectivity index (χ1v) is 7.03. The van der Waals surface area contributed by atoms with Crippen molar-refractivity contribution in [3.05, 3.63) is 22.4 Å². The minimum Gasteiger partial charge on any atom is -0.469 e. The van der Waals surface area contributed by atoms with Gasteiger partial charge < -0.3 is 15.4 Å². The van der Waals surface area contributed by atoms with Gasteiger partial charge in [0.05, 0.1) is 18.4 Å². The molecule has 20 heavy (non-hydrogen) atoms. The Morgan fingerprint density at radius 1 is 1.30 bits per heavy atom. The summed E-state index contributed by atoms with van der Waals surface area (Å²) in [5.41, 5.74) is 0. The number of rotatable bonds is 6. The largest absolute Gasteiger partial charge is 0.469 e. The number of hydrogen-bond donors (Lipinski definition) is 2. The van der Waals surface area contributed by atoms with E-state index in [0.29, 0.717) is 4.88 Å². The number of nitrogens with one attached hydrogen (secondary N) is 2. The molecule has 2 atom stereocenters. The molecule has 1 aromatic rings. The first-order chi connectivity index (χ1) is 9.43. The second kappa shape index (κ2) is 7.64. The average molecular weight is 298 g/mol. The maximum Gasteiger partial charge on any atom is 0.307 e. The van der Waals surface area contributed by atoms with E-state index in [1.165, 1.54) is 18.4 Å². The summed E-state index contributed by atoms with van der Waals surface area (Å²) in [5, 5.41) is 7.03. The van der Waals surface area contributed by atoms with Crippen LogP contribution in [0.3, 0.4) is 0 Å². The molecule has 2 N–H and O–H groups in total. The molecule has 0 aliphatic carbocycles. The van der Waals surface area contributed by atoms with Crippen LogP contribution in [0.25, 0.3) is 0 Å². The lowest BCUT2D eigenvalue weighted by Gasteiger charge is -2.17. The van der Waals surface area contributed by atoms with Gasteiger partial charge in [-0.3, -0.25) is 14.4 Å². The van der Waals surface area contributed by atoms with E-state index in [1.54, 1.807) is 31.4 Å². The van der Waals surface area contributed by atoms with Crippen molar-refractivity contribution in [2.24, 2.45) is 0 Å². The van der Waals surface area contributed by atoms with Gasteiger partial charge >= 0.3 is 5.97 Å². The van der Waals surface area contributed by atoms with E-state index in [0.717, 1.165) is 0 Å². The second-order valence-corrected chi connectivity index (χ2v) is 5.31. The quantitative estimate of drug-likeness (QED) is 0.765. The number of thiophene rings is 1. The molecule has 0 bridgehead atoms. The summed E-state index contributed by atoms with van der Waals surface area (Å²) in [6.45, 7) is 3.29. The number of hydrogen-bond acceptors (Lipinski definition) is 5. The molecule has 0 aromatic carbocycles. The minimum absolute atomic E-state index is 0.0911. The smallest absolute Gasteiger partial charge is 0.307 e. The highest BCUT2D eigenvalue weighted by atomic mass is 32.1. The highest BCUT2D eigenvalue weighted by Gasteiger charge is 2.19. The van der Waals surface area contributed by atoms with Crippen molar-refractivity contribution < 1.29 is 19.1 Å². The van der Waals surface area contributed by atoms with Crippen LogP contribution in [0.4, 0.5) is 0 Å². The Labute approximate surface area is 121 Å². The molecule has 0 saturated heterocycles. The van der Waals surface area contributed by atoms with Crippen LogP contribution in [0.5, 0.6) is 0 Å². The zero-order chi connectivity index (χ0) is 15.1. The first kappa shape index (κ1) is 16.2. The molecular weight excluding hydrogens is 280 g/mol. The Bertz CT molecular complexity index is 473. The predicted octanol–water partition coefficient (Wildman–Crippen LogP) is 0.934. The van der Waals surface area contributed by atoms with Gasteiger partial charge in [-0.25, -0.2) is 0 Å². The third kappa shape index (κ3) is 5.00. The first-order valence-electron chi connectivity index (χ1n) is 6.15. The normalized spacial score (nSPS) is 13.2. The summed E-state index contributed by atoms with van der Waals surface area (Å²) in [6.07, 6.45) is 0.0911. The van der Waals surface area contributed by atoms with E-state index < -0.39 is 12.0 Å². The zero-order valence-electron chi connectivity index (χ0n) is 11.6. The van der Waals surface area contributed by atoms with Crippen LogP contribution in [0.15, 0.2) is 17.5 Å². The maximum atomic E-state index is 11.9. The van der Waals surface area contributed by atoms with Crippen molar-refractivity contribution in [2.75, 3.05) is 7.11 Å². The number of carbonyl (C=O) groups excluding carboxylic acids is 3. The van der Waals surface area contributed by atoms with Crippen molar-refractivity contribution >= 4 is 29.1 Å². The molecule has 0 radical (unpaired) electrons. The molecule has 1 rings (SSSR count). The SMILES string of the molecule is COC(=O)CC(C)NC(=O)C(C)NC(=O)c1cccs1. The Morgan fingerprint density at radius 2 is 2.00 bits per heavy atom. The van der Waals surface area contributed by atoms with E-state index in [1.807, 2.05) is 0 Å². The van der Waals surface area contributed by atoms with Crippen molar-refractivity contribution in [1.29, 1.82) is 0 Å². The number of methoxy groups -OCH3 is 1. The molecule has 0 aliphatic rings. The molecule has 6 nitrogen and oxygen atoms in total. The summed E-state index contributed by atoms with van der Waals surface area (Å²) in [5.74, 6) is -1.03. The molecule has 2 amide bonds. The van der Waals surface area contributed by atoms with E-state index in [9.17, 15) is 14.4 Å². The van der Waals surface area contributed by atoms with Gasteiger partial charge in [-0.05, 0) is 25.3 Å². The topological polar surface area (TPSA) is 84.5 Å². The molecule has 1 aromatic heterocycles. The van der Waals surface area contributed by atoms with E-state index in [2.05, 4.69) is 15.4 Å². The fourth-order valence-corrected chi connectivity index (χ4v) is 2.12. The Kier molecular flexibility index (Phi) is 6.17. The van der Waals surface area contributed by atoms with Gasteiger partial charge in [-0.1, -0.05) is 6.07 Å². The Balaban J connectivity index is 2.43. The fraction of sp³-hybridized carbons (Fsp3) is 0.462. The van der Waals surface area contributed by atoms with Crippen LogP contribution in [-0.4, -0.2) is 37.0 Å². The van der Waals surface area contributed by atoms with Crippen molar-refractivity contribution in [3.8, 4) is 0 Å².